The summed E-state index contributed by atoms with van der Waals surface area (Å²) in [5, 5.41) is 5.94. The monoisotopic (exact) mass is 468 g/mol. The number of esters is 1. The Bertz CT molecular complexity index is 1060. The first-order valence-corrected chi connectivity index (χ1v) is 10.7. The van der Waals surface area contributed by atoms with Crippen LogP contribution in [0.3, 0.4) is 0 Å². The van der Waals surface area contributed by atoms with Crippen molar-refractivity contribution in [2.24, 2.45) is 0 Å². The van der Waals surface area contributed by atoms with Crippen LogP contribution in [0.15, 0.2) is 52.3 Å². The van der Waals surface area contributed by atoms with Crippen LogP contribution in [0.4, 0.5) is 0 Å². The Labute approximate surface area is 189 Å². The summed E-state index contributed by atoms with van der Waals surface area (Å²) < 4.78 is 7.52. The van der Waals surface area contributed by atoms with E-state index in [1.165, 1.54) is 17.8 Å². The molecule has 0 saturated heterocycles. The van der Waals surface area contributed by atoms with E-state index in [1.54, 1.807) is 16.8 Å². The average molecular weight is 470 g/mol. The van der Waals surface area contributed by atoms with Gasteiger partial charge in [-0.25, -0.2) is 9.48 Å². The lowest BCUT2D eigenvalue weighted by Gasteiger charge is -2.22. The van der Waals surface area contributed by atoms with Gasteiger partial charge >= 0.3 is 5.97 Å². The number of halogens is 3. The number of ether oxygens (including phenoxy) is 1. The summed E-state index contributed by atoms with van der Waals surface area (Å²) in [5.74, 6) is -0.239. The molecule has 0 aliphatic heterocycles. The first kappa shape index (κ1) is 22.0. The zero-order valence-corrected chi connectivity index (χ0v) is 19.4. The normalized spacial score (nSPS) is 11.6. The third-order valence-corrected chi connectivity index (χ3v) is 5.97. The highest BCUT2D eigenvalue weighted by Crippen LogP contribution is 2.40. The van der Waals surface area contributed by atoms with Crippen LogP contribution >= 0.6 is 46.6 Å². The fraction of sp³-hybridized carbons (Fsp3) is 0.238. The number of hydrogen-bond acceptors (Lipinski definition) is 4. The molecule has 0 bridgehead atoms. The van der Waals surface area contributed by atoms with E-state index in [1.807, 2.05) is 52.0 Å². The van der Waals surface area contributed by atoms with Crippen LogP contribution in [0.25, 0.3) is 0 Å². The highest BCUT2D eigenvalue weighted by atomic mass is 35.5. The zero-order valence-electron chi connectivity index (χ0n) is 16.3. The summed E-state index contributed by atoms with van der Waals surface area (Å²) in [4.78, 5) is 14.6. The van der Waals surface area contributed by atoms with Crippen LogP contribution in [-0.4, -0.2) is 15.7 Å². The molecule has 0 spiro atoms. The minimum Gasteiger partial charge on any atom is -0.403 e. The summed E-state index contributed by atoms with van der Waals surface area (Å²) in [5.41, 5.74) is 0.540. The molecule has 3 aromatic rings. The van der Waals surface area contributed by atoms with Crippen LogP contribution in [0.1, 0.15) is 36.8 Å². The van der Waals surface area contributed by atoms with Gasteiger partial charge in [-0.3, -0.25) is 0 Å². The van der Waals surface area contributed by atoms with Gasteiger partial charge in [0.15, 0.2) is 0 Å². The van der Waals surface area contributed by atoms with Crippen molar-refractivity contribution in [3.8, 4) is 5.88 Å². The number of carbonyl (C=O) groups excluding carboxylic acids is 1. The molecule has 0 amide bonds. The summed E-state index contributed by atoms with van der Waals surface area (Å²) >= 11 is 19.6. The quantitative estimate of drug-likeness (QED) is 0.377. The molecular formula is C21H19Cl3N2O2S. The Hall–Kier alpha value is -1.66. The molecule has 0 aliphatic rings. The van der Waals surface area contributed by atoms with E-state index in [2.05, 4.69) is 5.10 Å². The second-order valence-electron chi connectivity index (χ2n) is 7.37. The second-order valence-corrected chi connectivity index (χ2v) is 9.74. The lowest BCUT2D eigenvalue weighted by molar-refractivity contribution is 0.0704. The zero-order chi connectivity index (χ0) is 21.3. The van der Waals surface area contributed by atoms with Crippen LogP contribution in [0.2, 0.25) is 15.1 Å². The average Bonchev–Trinajstić information content (AvgIpc) is 2.95. The number of rotatable bonds is 4. The molecule has 0 fully saturated rings. The van der Waals surface area contributed by atoms with Crippen molar-refractivity contribution in [2.45, 2.75) is 43.0 Å². The van der Waals surface area contributed by atoms with Gasteiger partial charge in [-0.2, -0.15) is 5.10 Å². The molecule has 0 saturated carbocycles. The highest BCUT2D eigenvalue weighted by molar-refractivity contribution is 7.99. The Morgan fingerprint density at radius 1 is 1.03 bits per heavy atom. The van der Waals surface area contributed by atoms with Crippen LogP contribution < -0.4 is 4.74 Å². The van der Waals surface area contributed by atoms with E-state index in [9.17, 15) is 4.79 Å². The lowest BCUT2D eigenvalue weighted by atomic mass is 10.1. The van der Waals surface area contributed by atoms with Gasteiger partial charge in [-0.1, -0.05) is 46.6 Å². The minimum atomic E-state index is -0.596. The van der Waals surface area contributed by atoms with Gasteiger partial charge in [-0.15, -0.1) is 0 Å². The number of benzene rings is 2. The molecule has 152 valence electrons. The molecule has 1 heterocycles. The van der Waals surface area contributed by atoms with E-state index in [-0.39, 0.29) is 10.6 Å². The molecule has 0 N–H and O–H groups in total. The van der Waals surface area contributed by atoms with Crippen LogP contribution in [0, 0.1) is 6.92 Å². The Morgan fingerprint density at radius 2 is 1.66 bits per heavy atom. The van der Waals surface area contributed by atoms with Crippen molar-refractivity contribution >= 4 is 52.5 Å². The van der Waals surface area contributed by atoms with Gasteiger partial charge in [0, 0.05) is 14.9 Å². The maximum absolute atomic E-state index is 12.9. The molecular weight excluding hydrogens is 451 g/mol. The number of aryl methyl sites for hydroxylation is 1. The Balaban J connectivity index is 2.04. The molecule has 1 aromatic heterocycles. The van der Waals surface area contributed by atoms with Crippen molar-refractivity contribution in [3.05, 3.63) is 68.8 Å². The fourth-order valence-corrected chi connectivity index (χ4v) is 3.98. The predicted molar refractivity (Wildman–Crippen MR) is 119 cm³/mol. The van der Waals surface area contributed by atoms with Gasteiger partial charge < -0.3 is 4.74 Å². The molecule has 0 radical (unpaired) electrons. The first-order chi connectivity index (χ1) is 13.6. The van der Waals surface area contributed by atoms with Crippen molar-refractivity contribution in [2.75, 3.05) is 0 Å². The fourth-order valence-electron chi connectivity index (χ4n) is 2.57. The molecule has 29 heavy (non-hydrogen) atoms. The molecule has 3 rings (SSSR count). The first-order valence-electron chi connectivity index (χ1n) is 8.77. The molecule has 4 nitrogen and oxygen atoms in total. The molecule has 0 atom stereocenters. The van der Waals surface area contributed by atoms with E-state index >= 15 is 0 Å². The summed E-state index contributed by atoms with van der Waals surface area (Å²) in [6, 6.07) is 12.1. The second kappa shape index (κ2) is 8.60. The maximum Gasteiger partial charge on any atom is 0.346 e. The molecule has 0 aliphatic carbocycles. The van der Waals surface area contributed by atoms with Gasteiger partial charge in [0.1, 0.15) is 0 Å². The summed E-state index contributed by atoms with van der Waals surface area (Å²) in [6.07, 6.45) is 0. The van der Waals surface area contributed by atoms with Crippen molar-refractivity contribution in [1.82, 2.24) is 9.78 Å². The standard InChI is InChI=1S/C21H19Cl3N2O2S/c1-12-18(29-15-8-5-13(22)6-9-15)19(26(25-12)21(2,3)4)28-20(27)16-11-14(23)7-10-17(16)24/h5-11H,1-4H3. The smallest absolute Gasteiger partial charge is 0.346 e. The third-order valence-electron chi connectivity index (χ3n) is 3.97. The predicted octanol–water partition coefficient (Wildman–Crippen LogP) is 7.28. The number of aromatic nitrogens is 2. The summed E-state index contributed by atoms with van der Waals surface area (Å²) in [7, 11) is 0. The Morgan fingerprint density at radius 3 is 2.28 bits per heavy atom. The van der Waals surface area contributed by atoms with E-state index < -0.39 is 11.5 Å². The lowest BCUT2D eigenvalue weighted by Crippen LogP contribution is -2.25. The Kier molecular flexibility index (Phi) is 6.54. The topological polar surface area (TPSA) is 44.1 Å². The molecule has 0 unspecified atom stereocenters. The highest BCUT2D eigenvalue weighted by Gasteiger charge is 2.28. The number of carbonyl (C=O) groups is 1. The SMILES string of the molecule is Cc1nn(C(C)(C)C)c(OC(=O)c2cc(Cl)ccc2Cl)c1Sc1ccc(Cl)cc1. The minimum absolute atomic E-state index is 0.195. The van der Waals surface area contributed by atoms with Crippen molar-refractivity contribution in [1.29, 1.82) is 0 Å². The van der Waals surface area contributed by atoms with Gasteiger partial charge in [0.05, 0.1) is 26.7 Å². The van der Waals surface area contributed by atoms with Gasteiger partial charge in [0.25, 0.3) is 0 Å². The van der Waals surface area contributed by atoms with Crippen molar-refractivity contribution in [3.63, 3.8) is 0 Å². The van der Waals surface area contributed by atoms with Crippen LogP contribution in [0.5, 0.6) is 5.88 Å². The van der Waals surface area contributed by atoms with E-state index in [0.29, 0.717) is 15.9 Å². The number of hydrogen-bond donors (Lipinski definition) is 0. The van der Waals surface area contributed by atoms with E-state index in [4.69, 9.17) is 39.5 Å². The van der Waals surface area contributed by atoms with Crippen molar-refractivity contribution < 1.29 is 9.53 Å². The maximum atomic E-state index is 12.9. The van der Waals surface area contributed by atoms with Gasteiger partial charge in [-0.05, 0) is 70.2 Å². The number of nitrogens with zero attached hydrogens (tertiary/aromatic N) is 2. The third kappa shape index (κ3) is 5.10. The van der Waals surface area contributed by atoms with E-state index in [0.717, 1.165) is 15.5 Å². The molecule has 8 heteroatoms. The largest absolute Gasteiger partial charge is 0.403 e. The van der Waals surface area contributed by atoms with Gasteiger partial charge in [0.2, 0.25) is 5.88 Å². The summed E-state index contributed by atoms with van der Waals surface area (Å²) in [6.45, 7) is 7.84. The van der Waals surface area contributed by atoms with Crippen LogP contribution in [-0.2, 0) is 5.54 Å². The molecule has 2 aromatic carbocycles.